The zero-order valence-corrected chi connectivity index (χ0v) is 11.8. The van der Waals surface area contributed by atoms with Gasteiger partial charge in [0.1, 0.15) is 5.60 Å². The summed E-state index contributed by atoms with van der Waals surface area (Å²) in [6, 6.07) is 0.346. The highest BCUT2D eigenvalue weighted by Gasteiger charge is 2.37. The van der Waals surface area contributed by atoms with Gasteiger partial charge in [0.25, 0.3) is 5.91 Å². The van der Waals surface area contributed by atoms with Crippen LogP contribution in [0.15, 0.2) is 0 Å². The summed E-state index contributed by atoms with van der Waals surface area (Å²) in [6.45, 7) is 3.67. The van der Waals surface area contributed by atoms with Gasteiger partial charge in [0, 0.05) is 19.2 Å². The molecular weight excluding hydrogens is 244 g/mol. The van der Waals surface area contributed by atoms with E-state index in [4.69, 9.17) is 15.2 Å². The predicted molar refractivity (Wildman–Crippen MR) is 72.8 cm³/mol. The van der Waals surface area contributed by atoms with E-state index in [0.717, 1.165) is 38.5 Å². The standard InChI is InChI=1S/C14H26N2O3/c1-14(7-2-9-19-14)13(17)16-8-10-18-12-5-3-11(15)4-6-12/h11-12H,2-10,15H2,1H3,(H,16,17). The van der Waals surface area contributed by atoms with Crippen LogP contribution < -0.4 is 11.1 Å². The number of carbonyl (C=O) groups is 1. The largest absolute Gasteiger partial charge is 0.376 e. The van der Waals surface area contributed by atoms with Gasteiger partial charge in [-0.05, 0) is 45.4 Å². The Kier molecular flexibility index (Phi) is 5.19. The second-order valence-electron chi connectivity index (χ2n) is 5.85. The smallest absolute Gasteiger partial charge is 0.252 e. The highest BCUT2D eigenvalue weighted by Crippen LogP contribution is 2.25. The maximum absolute atomic E-state index is 12.0. The molecular formula is C14H26N2O3. The second kappa shape index (κ2) is 6.68. The molecule has 1 aliphatic carbocycles. The van der Waals surface area contributed by atoms with Crippen molar-refractivity contribution in [3.05, 3.63) is 0 Å². The lowest BCUT2D eigenvalue weighted by molar-refractivity contribution is -0.139. The molecule has 110 valence electrons. The van der Waals surface area contributed by atoms with Crippen molar-refractivity contribution in [1.82, 2.24) is 5.32 Å². The molecule has 1 saturated heterocycles. The SMILES string of the molecule is CC1(C(=O)NCCOC2CCC(N)CC2)CCCO1. The molecule has 1 aliphatic heterocycles. The first kappa shape index (κ1) is 14.8. The van der Waals surface area contributed by atoms with Crippen LogP contribution in [0.3, 0.4) is 0 Å². The number of carbonyl (C=O) groups excluding carboxylic acids is 1. The summed E-state index contributed by atoms with van der Waals surface area (Å²) in [5, 5.41) is 2.90. The van der Waals surface area contributed by atoms with E-state index in [-0.39, 0.29) is 5.91 Å². The molecule has 1 heterocycles. The quantitative estimate of drug-likeness (QED) is 0.730. The third-order valence-electron chi connectivity index (χ3n) is 4.16. The molecule has 1 saturated carbocycles. The zero-order valence-electron chi connectivity index (χ0n) is 11.8. The Labute approximate surface area is 115 Å². The average molecular weight is 270 g/mol. The molecule has 0 aromatic heterocycles. The number of hydrogen-bond acceptors (Lipinski definition) is 4. The van der Waals surface area contributed by atoms with Crippen LogP contribution in [0.2, 0.25) is 0 Å². The Morgan fingerprint density at radius 2 is 2.16 bits per heavy atom. The highest BCUT2D eigenvalue weighted by molar-refractivity contribution is 5.84. The van der Waals surface area contributed by atoms with Crippen LogP contribution in [-0.2, 0) is 14.3 Å². The molecule has 5 heteroatoms. The number of rotatable bonds is 5. The van der Waals surface area contributed by atoms with Crippen LogP contribution in [0.5, 0.6) is 0 Å². The minimum Gasteiger partial charge on any atom is -0.376 e. The molecule has 19 heavy (non-hydrogen) atoms. The molecule has 5 nitrogen and oxygen atoms in total. The first-order valence-corrected chi connectivity index (χ1v) is 7.39. The van der Waals surface area contributed by atoms with Crippen LogP contribution in [0.4, 0.5) is 0 Å². The van der Waals surface area contributed by atoms with E-state index in [1.54, 1.807) is 0 Å². The van der Waals surface area contributed by atoms with E-state index in [0.29, 0.717) is 31.9 Å². The van der Waals surface area contributed by atoms with Gasteiger partial charge >= 0.3 is 0 Å². The minimum absolute atomic E-state index is 0.0146. The lowest BCUT2D eigenvalue weighted by Crippen LogP contribution is -2.45. The molecule has 0 radical (unpaired) electrons. The lowest BCUT2D eigenvalue weighted by Gasteiger charge is -2.26. The zero-order chi connectivity index (χ0) is 13.7. The van der Waals surface area contributed by atoms with Crippen molar-refractivity contribution in [1.29, 1.82) is 0 Å². The van der Waals surface area contributed by atoms with Crippen LogP contribution in [0.25, 0.3) is 0 Å². The maximum Gasteiger partial charge on any atom is 0.252 e. The molecule has 1 unspecified atom stereocenters. The minimum atomic E-state index is -0.627. The third-order valence-corrected chi connectivity index (χ3v) is 4.16. The lowest BCUT2D eigenvalue weighted by atomic mass is 9.94. The molecule has 0 aromatic rings. The fourth-order valence-electron chi connectivity index (χ4n) is 2.79. The molecule has 2 rings (SSSR count). The number of hydrogen-bond donors (Lipinski definition) is 2. The van der Waals surface area contributed by atoms with Gasteiger partial charge < -0.3 is 20.5 Å². The molecule has 2 aliphatic rings. The summed E-state index contributed by atoms with van der Waals surface area (Å²) in [4.78, 5) is 12.0. The van der Waals surface area contributed by atoms with Gasteiger partial charge in [-0.2, -0.15) is 0 Å². The predicted octanol–water partition coefficient (Wildman–Crippen LogP) is 0.958. The molecule has 1 amide bonds. The Morgan fingerprint density at radius 3 is 2.79 bits per heavy atom. The topological polar surface area (TPSA) is 73.6 Å². The average Bonchev–Trinajstić information content (AvgIpc) is 2.85. The van der Waals surface area contributed by atoms with E-state index < -0.39 is 5.60 Å². The first-order chi connectivity index (χ1) is 9.10. The summed E-state index contributed by atoms with van der Waals surface area (Å²) >= 11 is 0. The van der Waals surface area contributed by atoms with E-state index in [2.05, 4.69) is 5.32 Å². The molecule has 0 spiro atoms. The summed E-state index contributed by atoms with van der Waals surface area (Å²) in [5.41, 5.74) is 5.22. The van der Waals surface area contributed by atoms with Gasteiger partial charge in [-0.3, -0.25) is 4.79 Å². The molecule has 2 fully saturated rings. The van der Waals surface area contributed by atoms with Crippen molar-refractivity contribution in [3.8, 4) is 0 Å². The number of nitrogens with two attached hydrogens (primary N) is 1. The number of nitrogens with one attached hydrogen (secondary N) is 1. The Morgan fingerprint density at radius 1 is 1.42 bits per heavy atom. The highest BCUT2D eigenvalue weighted by atomic mass is 16.5. The summed E-state index contributed by atoms with van der Waals surface area (Å²) in [5.74, 6) is -0.0146. The fraction of sp³-hybridized carbons (Fsp3) is 0.929. The van der Waals surface area contributed by atoms with Crippen LogP contribution in [0.1, 0.15) is 45.4 Å². The monoisotopic (exact) mass is 270 g/mol. The van der Waals surface area contributed by atoms with Gasteiger partial charge in [0.15, 0.2) is 0 Å². The van der Waals surface area contributed by atoms with Gasteiger partial charge in [-0.1, -0.05) is 0 Å². The van der Waals surface area contributed by atoms with Gasteiger partial charge in [-0.15, -0.1) is 0 Å². The first-order valence-electron chi connectivity index (χ1n) is 7.39. The van der Waals surface area contributed by atoms with E-state index in [1.807, 2.05) is 6.92 Å². The second-order valence-corrected chi connectivity index (χ2v) is 5.85. The number of amides is 1. The van der Waals surface area contributed by atoms with Gasteiger partial charge in [0.2, 0.25) is 0 Å². The molecule has 0 bridgehead atoms. The fourth-order valence-corrected chi connectivity index (χ4v) is 2.79. The van der Waals surface area contributed by atoms with Crippen molar-refractivity contribution < 1.29 is 14.3 Å². The van der Waals surface area contributed by atoms with Crippen molar-refractivity contribution in [2.45, 2.75) is 63.2 Å². The van der Waals surface area contributed by atoms with Gasteiger partial charge in [0.05, 0.1) is 12.7 Å². The van der Waals surface area contributed by atoms with Gasteiger partial charge in [-0.25, -0.2) is 0 Å². The van der Waals surface area contributed by atoms with Crippen LogP contribution in [-0.4, -0.2) is 43.4 Å². The molecule has 3 N–H and O–H groups in total. The summed E-state index contributed by atoms with van der Waals surface area (Å²) in [6.07, 6.45) is 6.25. The van der Waals surface area contributed by atoms with E-state index >= 15 is 0 Å². The van der Waals surface area contributed by atoms with E-state index in [9.17, 15) is 4.79 Å². The Bertz CT molecular complexity index is 295. The van der Waals surface area contributed by atoms with E-state index in [1.165, 1.54) is 0 Å². The van der Waals surface area contributed by atoms with Crippen molar-refractivity contribution >= 4 is 5.91 Å². The Balaban J connectivity index is 1.58. The molecule has 1 atom stereocenters. The normalized spacial score (nSPS) is 35.3. The Hall–Kier alpha value is -0.650. The van der Waals surface area contributed by atoms with Crippen LogP contribution >= 0.6 is 0 Å². The number of ether oxygens (including phenoxy) is 2. The van der Waals surface area contributed by atoms with Crippen molar-refractivity contribution in [2.75, 3.05) is 19.8 Å². The summed E-state index contributed by atoms with van der Waals surface area (Å²) < 4.78 is 11.3. The molecule has 0 aromatic carbocycles. The van der Waals surface area contributed by atoms with Crippen molar-refractivity contribution in [3.63, 3.8) is 0 Å². The summed E-state index contributed by atoms with van der Waals surface area (Å²) in [7, 11) is 0. The maximum atomic E-state index is 12.0. The third kappa shape index (κ3) is 4.16. The van der Waals surface area contributed by atoms with Crippen molar-refractivity contribution in [2.24, 2.45) is 5.73 Å². The van der Waals surface area contributed by atoms with Crippen LogP contribution in [0, 0.1) is 0 Å².